The number of amides is 2. The molecule has 0 unspecified atom stereocenters. The summed E-state index contributed by atoms with van der Waals surface area (Å²) in [4.78, 5) is 26.6. The van der Waals surface area contributed by atoms with Crippen molar-refractivity contribution in [1.29, 1.82) is 5.26 Å². The van der Waals surface area contributed by atoms with Gasteiger partial charge in [-0.3, -0.25) is 0 Å². The van der Waals surface area contributed by atoms with Crippen molar-refractivity contribution in [3.05, 3.63) is 104 Å². The van der Waals surface area contributed by atoms with Crippen LogP contribution in [0.5, 0.6) is 0 Å². The number of nitriles is 1. The van der Waals surface area contributed by atoms with Gasteiger partial charge in [-0.2, -0.15) is 5.26 Å². The Bertz CT molecular complexity index is 1520. The normalized spacial score (nSPS) is 20.5. The number of likely N-dealkylation sites (tertiary alicyclic amines) is 1. The standard InChI is InChI=1S/C31H29Cl3FN3O3/c1-30(2,3)14-20-16-38(29(41)37-15-18-7-9-19(10-8-18)28(39)40)27(22-5-4-6-24(33)26(22)34)31(20,17-36)23-12-11-21(32)13-25(23)35/h4-13,20,27H,14-16H2,1-3H3,(H,37,41)(H,39,40)/t20-,27-,31-/m1/s1. The van der Waals surface area contributed by atoms with Gasteiger partial charge in [-0.25, -0.2) is 14.0 Å². The quantitative estimate of drug-likeness (QED) is 0.292. The van der Waals surface area contributed by atoms with E-state index in [9.17, 15) is 14.9 Å². The molecule has 4 rings (SSSR count). The first-order valence-electron chi connectivity index (χ1n) is 13.0. The van der Waals surface area contributed by atoms with Crippen molar-refractivity contribution < 1.29 is 19.1 Å². The zero-order chi connectivity index (χ0) is 30.1. The largest absolute Gasteiger partial charge is 0.478 e. The first-order chi connectivity index (χ1) is 19.3. The average Bonchev–Trinajstić information content (AvgIpc) is 3.22. The van der Waals surface area contributed by atoms with E-state index >= 15 is 4.39 Å². The van der Waals surface area contributed by atoms with Crippen LogP contribution in [0, 0.1) is 28.5 Å². The van der Waals surface area contributed by atoms with Gasteiger partial charge < -0.3 is 15.3 Å². The highest BCUT2D eigenvalue weighted by atomic mass is 35.5. The Kier molecular flexibility index (Phi) is 8.89. The van der Waals surface area contributed by atoms with E-state index in [-0.39, 0.29) is 44.7 Å². The van der Waals surface area contributed by atoms with Gasteiger partial charge in [-0.15, -0.1) is 0 Å². The molecule has 41 heavy (non-hydrogen) atoms. The maximum absolute atomic E-state index is 15.7. The Morgan fingerprint density at radius 1 is 1.12 bits per heavy atom. The molecule has 3 aromatic rings. The SMILES string of the molecule is CC(C)(C)C[C@@H]1CN(C(=O)NCc2ccc(C(=O)O)cc2)[C@H](c2cccc(Cl)c2Cl)[C@@]1(C#N)c1ccc(Cl)cc1F. The maximum atomic E-state index is 15.7. The molecule has 1 fully saturated rings. The topological polar surface area (TPSA) is 93.4 Å². The van der Waals surface area contributed by atoms with Crippen molar-refractivity contribution in [2.45, 2.75) is 45.2 Å². The Morgan fingerprint density at radius 3 is 2.39 bits per heavy atom. The Labute approximate surface area is 253 Å². The van der Waals surface area contributed by atoms with Crippen LogP contribution in [0.1, 0.15) is 60.3 Å². The lowest BCUT2D eigenvalue weighted by molar-refractivity contribution is 0.0696. The third-order valence-electron chi connectivity index (χ3n) is 7.41. The lowest BCUT2D eigenvalue weighted by Gasteiger charge is -2.38. The molecule has 1 saturated heterocycles. The number of urea groups is 1. The van der Waals surface area contributed by atoms with Crippen LogP contribution >= 0.6 is 34.8 Å². The second-order valence-electron chi connectivity index (χ2n) is 11.4. The van der Waals surface area contributed by atoms with Crippen molar-refractivity contribution in [1.82, 2.24) is 10.2 Å². The summed E-state index contributed by atoms with van der Waals surface area (Å²) in [6, 6.07) is 16.3. The molecule has 0 saturated carbocycles. The number of nitrogens with zero attached hydrogens (tertiary/aromatic N) is 2. The van der Waals surface area contributed by atoms with Crippen LogP contribution in [0.15, 0.2) is 60.7 Å². The summed E-state index contributed by atoms with van der Waals surface area (Å²) in [5.41, 5.74) is -0.440. The van der Waals surface area contributed by atoms with E-state index in [2.05, 4.69) is 11.4 Å². The van der Waals surface area contributed by atoms with Gasteiger partial charge in [-0.1, -0.05) is 85.9 Å². The highest BCUT2D eigenvalue weighted by molar-refractivity contribution is 6.42. The molecule has 1 aliphatic heterocycles. The third-order valence-corrected chi connectivity index (χ3v) is 8.47. The van der Waals surface area contributed by atoms with Crippen molar-refractivity contribution in [3.63, 3.8) is 0 Å². The second kappa shape index (κ2) is 11.9. The molecule has 0 aliphatic carbocycles. The molecule has 1 heterocycles. The van der Waals surface area contributed by atoms with Crippen LogP contribution in [-0.4, -0.2) is 28.6 Å². The Morgan fingerprint density at radius 2 is 1.80 bits per heavy atom. The molecule has 2 amide bonds. The minimum atomic E-state index is -1.53. The van der Waals surface area contributed by atoms with Crippen LogP contribution in [0.4, 0.5) is 9.18 Å². The van der Waals surface area contributed by atoms with Crippen LogP contribution in [0.2, 0.25) is 15.1 Å². The minimum Gasteiger partial charge on any atom is -0.478 e. The molecule has 3 aromatic carbocycles. The first-order valence-corrected chi connectivity index (χ1v) is 14.1. The molecule has 0 bridgehead atoms. The number of benzene rings is 3. The molecule has 214 valence electrons. The number of aromatic carboxylic acids is 1. The summed E-state index contributed by atoms with van der Waals surface area (Å²) < 4.78 is 15.7. The number of nitrogens with one attached hydrogen (secondary N) is 1. The van der Waals surface area contributed by atoms with Gasteiger partial charge in [-0.05, 0) is 53.3 Å². The fourth-order valence-corrected chi connectivity index (χ4v) is 6.28. The smallest absolute Gasteiger partial charge is 0.335 e. The zero-order valence-corrected chi connectivity index (χ0v) is 25.0. The van der Waals surface area contributed by atoms with Gasteiger partial charge in [0.15, 0.2) is 0 Å². The number of hydrogen-bond donors (Lipinski definition) is 2. The molecule has 0 radical (unpaired) electrons. The number of carboxylic acid groups (broad SMARTS) is 1. The Balaban J connectivity index is 1.85. The molecule has 10 heteroatoms. The summed E-state index contributed by atoms with van der Waals surface area (Å²) in [5, 5.41) is 23.6. The Hall–Kier alpha value is -3.31. The van der Waals surface area contributed by atoms with Crippen LogP contribution < -0.4 is 5.32 Å². The second-order valence-corrected chi connectivity index (χ2v) is 12.6. The first kappa shape index (κ1) is 30.6. The number of rotatable bonds is 6. The summed E-state index contributed by atoms with van der Waals surface area (Å²) in [6.07, 6.45) is 0.498. The van der Waals surface area contributed by atoms with Gasteiger partial charge in [0, 0.05) is 29.6 Å². The van der Waals surface area contributed by atoms with Gasteiger partial charge in [0.25, 0.3) is 0 Å². The van der Waals surface area contributed by atoms with Crippen molar-refractivity contribution in [3.8, 4) is 6.07 Å². The van der Waals surface area contributed by atoms with Gasteiger partial charge >= 0.3 is 12.0 Å². The summed E-state index contributed by atoms with van der Waals surface area (Å²) >= 11 is 19.2. The number of halogens is 4. The van der Waals surface area contributed by atoms with Crippen molar-refractivity contribution >= 4 is 46.8 Å². The molecule has 0 aromatic heterocycles. The third kappa shape index (κ3) is 6.16. The fourth-order valence-electron chi connectivity index (χ4n) is 5.71. The van der Waals surface area contributed by atoms with E-state index in [0.29, 0.717) is 17.5 Å². The van der Waals surface area contributed by atoms with Crippen LogP contribution in [-0.2, 0) is 12.0 Å². The lowest BCUT2D eigenvalue weighted by Crippen LogP contribution is -2.43. The monoisotopic (exact) mass is 615 g/mol. The predicted octanol–water partition coefficient (Wildman–Crippen LogP) is 8.26. The predicted molar refractivity (Wildman–Crippen MR) is 158 cm³/mol. The highest BCUT2D eigenvalue weighted by Gasteiger charge is 2.59. The fraction of sp³-hybridized carbons (Fsp3) is 0.323. The van der Waals surface area contributed by atoms with E-state index in [4.69, 9.17) is 39.9 Å². The van der Waals surface area contributed by atoms with Gasteiger partial charge in [0.05, 0.1) is 27.7 Å². The van der Waals surface area contributed by atoms with E-state index < -0.39 is 35.2 Å². The molecule has 2 N–H and O–H groups in total. The van der Waals surface area contributed by atoms with E-state index in [1.807, 2.05) is 20.8 Å². The van der Waals surface area contributed by atoms with Crippen molar-refractivity contribution in [2.24, 2.45) is 11.3 Å². The zero-order valence-electron chi connectivity index (χ0n) is 22.7. The molecule has 3 atom stereocenters. The molecule has 1 aliphatic rings. The molecular weight excluding hydrogens is 588 g/mol. The lowest BCUT2D eigenvalue weighted by atomic mass is 9.63. The summed E-state index contributed by atoms with van der Waals surface area (Å²) in [5.74, 6) is -2.18. The summed E-state index contributed by atoms with van der Waals surface area (Å²) in [7, 11) is 0. The van der Waals surface area contributed by atoms with E-state index in [0.717, 1.165) is 0 Å². The number of carboxylic acids is 1. The number of carbonyl (C=O) groups excluding carboxylic acids is 1. The molecule has 0 spiro atoms. The molecule has 6 nitrogen and oxygen atoms in total. The summed E-state index contributed by atoms with van der Waals surface area (Å²) in [6.45, 7) is 6.32. The number of carbonyl (C=O) groups is 2. The van der Waals surface area contributed by atoms with E-state index in [1.54, 1.807) is 30.3 Å². The van der Waals surface area contributed by atoms with Gasteiger partial charge in [0.2, 0.25) is 0 Å². The average molecular weight is 617 g/mol. The minimum absolute atomic E-state index is 0.101. The maximum Gasteiger partial charge on any atom is 0.335 e. The number of hydrogen-bond acceptors (Lipinski definition) is 3. The highest BCUT2D eigenvalue weighted by Crippen LogP contribution is 2.57. The molecular formula is C31H29Cl3FN3O3. The van der Waals surface area contributed by atoms with Crippen LogP contribution in [0.25, 0.3) is 0 Å². The van der Waals surface area contributed by atoms with Crippen molar-refractivity contribution in [2.75, 3.05) is 6.54 Å². The van der Waals surface area contributed by atoms with Crippen LogP contribution in [0.3, 0.4) is 0 Å². The van der Waals surface area contributed by atoms with Gasteiger partial charge in [0.1, 0.15) is 11.2 Å². The van der Waals surface area contributed by atoms with E-state index in [1.165, 1.54) is 35.2 Å².